The van der Waals surface area contributed by atoms with Gasteiger partial charge >= 0.3 is 0 Å². The summed E-state index contributed by atoms with van der Waals surface area (Å²) in [4.78, 5) is 4.26. The second-order valence-corrected chi connectivity index (χ2v) is 4.47. The van der Waals surface area contributed by atoms with Gasteiger partial charge < -0.3 is 9.73 Å². The number of hydrogen-bond acceptors (Lipinski definition) is 3. The molecule has 92 valence electrons. The number of rotatable bonds is 7. The molecule has 16 heavy (non-hydrogen) atoms. The van der Waals surface area contributed by atoms with Crippen LogP contribution in [0.4, 0.5) is 0 Å². The minimum absolute atomic E-state index is 0.205. The van der Waals surface area contributed by atoms with Gasteiger partial charge in [-0.25, -0.2) is 4.98 Å². The molecule has 0 aliphatic carbocycles. The van der Waals surface area contributed by atoms with Gasteiger partial charge in [-0.2, -0.15) is 0 Å². The zero-order valence-corrected chi connectivity index (χ0v) is 10.9. The molecule has 0 aliphatic rings. The van der Waals surface area contributed by atoms with Gasteiger partial charge in [-0.1, -0.05) is 26.7 Å². The number of aryl methyl sites for hydroxylation is 1. The normalized spacial score (nSPS) is 13.3. The van der Waals surface area contributed by atoms with Crippen LogP contribution < -0.4 is 5.32 Å². The topological polar surface area (TPSA) is 38.1 Å². The Morgan fingerprint density at radius 1 is 1.31 bits per heavy atom. The van der Waals surface area contributed by atoms with Crippen molar-refractivity contribution in [2.24, 2.45) is 0 Å². The Morgan fingerprint density at radius 3 is 2.38 bits per heavy atom. The Morgan fingerprint density at radius 2 is 1.94 bits per heavy atom. The van der Waals surface area contributed by atoms with Gasteiger partial charge in [0.2, 0.25) is 5.89 Å². The van der Waals surface area contributed by atoms with Crippen LogP contribution in [0.25, 0.3) is 0 Å². The maximum Gasteiger partial charge on any atom is 0.211 e. The fraction of sp³-hybridized carbons (Fsp3) is 0.769. The molecule has 0 saturated heterocycles. The molecule has 1 heterocycles. The Balaban J connectivity index is 2.50. The Labute approximate surface area is 98.6 Å². The predicted molar refractivity (Wildman–Crippen MR) is 66.4 cm³/mol. The van der Waals surface area contributed by atoms with Crippen molar-refractivity contribution in [2.45, 2.75) is 65.5 Å². The zero-order valence-electron chi connectivity index (χ0n) is 10.9. The SMILES string of the molecule is CCCC(CCC)NC(C)c1ncc(C)o1. The molecule has 0 bridgehead atoms. The van der Waals surface area contributed by atoms with E-state index < -0.39 is 0 Å². The molecular weight excluding hydrogens is 200 g/mol. The van der Waals surface area contributed by atoms with E-state index in [0.717, 1.165) is 11.7 Å². The average molecular weight is 224 g/mol. The molecule has 0 saturated carbocycles. The summed E-state index contributed by atoms with van der Waals surface area (Å²) in [7, 11) is 0. The largest absolute Gasteiger partial charge is 0.444 e. The Bertz CT molecular complexity index is 290. The second kappa shape index (κ2) is 6.69. The molecule has 0 radical (unpaired) electrons. The van der Waals surface area contributed by atoms with Crippen molar-refractivity contribution in [3.63, 3.8) is 0 Å². The highest BCUT2D eigenvalue weighted by atomic mass is 16.4. The lowest BCUT2D eigenvalue weighted by Gasteiger charge is -2.20. The molecule has 1 N–H and O–H groups in total. The molecular formula is C13H24N2O. The van der Waals surface area contributed by atoms with Crippen molar-refractivity contribution in [1.82, 2.24) is 10.3 Å². The van der Waals surface area contributed by atoms with Crippen LogP contribution in [0.15, 0.2) is 10.6 Å². The van der Waals surface area contributed by atoms with E-state index in [1.165, 1.54) is 25.7 Å². The van der Waals surface area contributed by atoms with E-state index in [1.54, 1.807) is 6.20 Å². The number of aromatic nitrogens is 1. The van der Waals surface area contributed by atoms with Gasteiger partial charge in [0.25, 0.3) is 0 Å². The van der Waals surface area contributed by atoms with Crippen molar-refractivity contribution in [3.8, 4) is 0 Å². The van der Waals surface area contributed by atoms with Gasteiger partial charge in [-0.3, -0.25) is 0 Å². The first-order valence-electron chi connectivity index (χ1n) is 6.35. The number of hydrogen-bond donors (Lipinski definition) is 1. The summed E-state index contributed by atoms with van der Waals surface area (Å²) < 4.78 is 5.53. The minimum Gasteiger partial charge on any atom is -0.444 e. The van der Waals surface area contributed by atoms with Crippen molar-refractivity contribution < 1.29 is 4.42 Å². The highest BCUT2D eigenvalue weighted by Gasteiger charge is 2.15. The highest BCUT2D eigenvalue weighted by Crippen LogP contribution is 2.15. The monoisotopic (exact) mass is 224 g/mol. The predicted octanol–water partition coefficient (Wildman–Crippen LogP) is 3.60. The molecule has 3 nitrogen and oxygen atoms in total. The maximum atomic E-state index is 5.53. The van der Waals surface area contributed by atoms with Crippen molar-refractivity contribution in [3.05, 3.63) is 17.8 Å². The summed E-state index contributed by atoms with van der Waals surface area (Å²) >= 11 is 0. The first-order chi connectivity index (χ1) is 7.67. The second-order valence-electron chi connectivity index (χ2n) is 4.47. The molecule has 1 aromatic rings. The van der Waals surface area contributed by atoms with E-state index >= 15 is 0 Å². The van der Waals surface area contributed by atoms with Gasteiger partial charge in [-0.05, 0) is 26.7 Å². The molecule has 0 aromatic carbocycles. The Hall–Kier alpha value is -0.830. The summed E-state index contributed by atoms with van der Waals surface area (Å²) in [6, 6.07) is 0.786. The molecule has 1 atom stereocenters. The summed E-state index contributed by atoms with van der Waals surface area (Å²) in [5, 5.41) is 3.59. The van der Waals surface area contributed by atoms with Crippen molar-refractivity contribution in [2.75, 3.05) is 0 Å². The molecule has 0 aliphatic heterocycles. The number of oxazole rings is 1. The van der Waals surface area contributed by atoms with Crippen LogP contribution in [0.3, 0.4) is 0 Å². The summed E-state index contributed by atoms with van der Waals surface area (Å²) in [5.74, 6) is 1.68. The van der Waals surface area contributed by atoms with Gasteiger partial charge in [0.1, 0.15) is 5.76 Å². The zero-order chi connectivity index (χ0) is 12.0. The van der Waals surface area contributed by atoms with E-state index in [1.807, 2.05) is 6.92 Å². The first kappa shape index (κ1) is 13.2. The molecule has 0 fully saturated rings. The first-order valence-corrected chi connectivity index (χ1v) is 6.35. The molecule has 0 spiro atoms. The van der Waals surface area contributed by atoms with E-state index in [4.69, 9.17) is 4.42 Å². The fourth-order valence-electron chi connectivity index (χ4n) is 2.01. The van der Waals surface area contributed by atoms with Crippen LogP contribution in [0, 0.1) is 6.92 Å². The van der Waals surface area contributed by atoms with E-state index in [2.05, 4.69) is 31.1 Å². The number of nitrogens with one attached hydrogen (secondary N) is 1. The maximum absolute atomic E-state index is 5.53. The lowest BCUT2D eigenvalue weighted by atomic mass is 10.1. The lowest BCUT2D eigenvalue weighted by Crippen LogP contribution is -2.31. The van der Waals surface area contributed by atoms with Gasteiger partial charge in [0.05, 0.1) is 12.2 Å². The third kappa shape index (κ3) is 3.97. The molecule has 1 unspecified atom stereocenters. The quantitative estimate of drug-likeness (QED) is 0.769. The standard InChI is InChI=1S/C13H24N2O/c1-5-7-12(8-6-2)15-11(4)13-14-9-10(3)16-13/h9,11-12,15H,5-8H2,1-4H3. The smallest absolute Gasteiger partial charge is 0.211 e. The molecule has 1 rings (SSSR count). The molecule has 3 heteroatoms. The fourth-order valence-corrected chi connectivity index (χ4v) is 2.01. The number of nitrogens with zero attached hydrogens (tertiary/aromatic N) is 1. The summed E-state index contributed by atoms with van der Waals surface area (Å²) in [6.07, 6.45) is 6.65. The third-order valence-electron chi connectivity index (χ3n) is 2.77. The van der Waals surface area contributed by atoms with Gasteiger partial charge in [-0.15, -0.1) is 0 Å². The molecule has 0 amide bonds. The minimum atomic E-state index is 0.205. The van der Waals surface area contributed by atoms with E-state index in [-0.39, 0.29) is 6.04 Å². The third-order valence-corrected chi connectivity index (χ3v) is 2.77. The van der Waals surface area contributed by atoms with Crippen LogP contribution in [-0.2, 0) is 0 Å². The Kier molecular flexibility index (Phi) is 5.53. The van der Waals surface area contributed by atoms with Crippen LogP contribution >= 0.6 is 0 Å². The lowest BCUT2D eigenvalue weighted by molar-refractivity contribution is 0.346. The average Bonchev–Trinajstić information content (AvgIpc) is 2.65. The van der Waals surface area contributed by atoms with Crippen LogP contribution in [0.1, 0.15) is 64.1 Å². The van der Waals surface area contributed by atoms with Crippen LogP contribution in [0.2, 0.25) is 0 Å². The van der Waals surface area contributed by atoms with E-state index in [0.29, 0.717) is 6.04 Å². The van der Waals surface area contributed by atoms with Crippen molar-refractivity contribution in [1.29, 1.82) is 0 Å². The van der Waals surface area contributed by atoms with Crippen LogP contribution in [0.5, 0.6) is 0 Å². The van der Waals surface area contributed by atoms with E-state index in [9.17, 15) is 0 Å². The van der Waals surface area contributed by atoms with Crippen LogP contribution in [-0.4, -0.2) is 11.0 Å². The summed E-state index contributed by atoms with van der Waals surface area (Å²) in [6.45, 7) is 8.50. The highest BCUT2D eigenvalue weighted by molar-refractivity contribution is 4.95. The van der Waals surface area contributed by atoms with Gasteiger partial charge in [0.15, 0.2) is 0 Å². The molecule has 1 aromatic heterocycles. The van der Waals surface area contributed by atoms with Gasteiger partial charge in [0, 0.05) is 6.04 Å². The summed E-state index contributed by atoms with van der Waals surface area (Å²) in [5.41, 5.74) is 0. The van der Waals surface area contributed by atoms with Crippen molar-refractivity contribution >= 4 is 0 Å².